The highest BCUT2D eigenvalue weighted by Crippen LogP contribution is 2.23. The molecular formula is C12H9BrFNO2. The molecule has 0 aliphatic rings. The summed E-state index contributed by atoms with van der Waals surface area (Å²) >= 11 is 3.25. The number of halogens is 2. The lowest BCUT2D eigenvalue weighted by atomic mass is 10.2. The van der Waals surface area contributed by atoms with Gasteiger partial charge < -0.3 is 9.67 Å². The molecule has 0 aliphatic carbocycles. The van der Waals surface area contributed by atoms with E-state index < -0.39 is 5.43 Å². The molecule has 17 heavy (non-hydrogen) atoms. The summed E-state index contributed by atoms with van der Waals surface area (Å²) in [5.41, 5.74) is 0.571. The van der Waals surface area contributed by atoms with Gasteiger partial charge in [0.15, 0.2) is 5.75 Å². The van der Waals surface area contributed by atoms with Gasteiger partial charge in [-0.1, -0.05) is 15.9 Å². The molecule has 0 bridgehead atoms. The van der Waals surface area contributed by atoms with Crippen LogP contribution in [0.4, 0.5) is 4.39 Å². The molecule has 0 atom stereocenters. The van der Waals surface area contributed by atoms with Crippen LogP contribution in [0.5, 0.6) is 5.75 Å². The fraction of sp³-hybridized carbons (Fsp3) is 0.0833. The van der Waals surface area contributed by atoms with Crippen molar-refractivity contribution in [1.82, 2.24) is 4.57 Å². The van der Waals surface area contributed by atoms with Crippen LogP contribution >= 0.6 is 15.9 Å². The van der Waals surface area contributed by atoms with Gasteiger partial charge in [0.1, 0.15) is 5.82 Å². The maximum absolute atomic E-state index is 13.5. The zero-order valence-electron chi connectivity index (χ0n) is 8.95. The molecule has 1 aromatic carbocycles. The van der Waals surface area contributed by atoms with Gasteiger partial charge in [0, 0.05) is 22.4 Å². The van der Waals surface area contributed by atoms with Gasteiger partial charge in [0.05, 0.1) is 6.20 Å². The topological polar surface area (TPSA) is 42.2 Å². The summed E-state index contributed by atoms with van der Waals surface area (Å²) in [5, 5.41) is 9.32. The van der Waals surface area contributed by atoms with Gasteiger partial charge in [-0.2, -0.15) is 0 Å². The first-order valence-corrected chi connectivity index (χ1v) is 5.65. The van der Waals surface area contributed by atoms with Crippen molar-refractivity contribution in [2.24, 2.45) is 0 Å². The second kappa shape index (κ2) is 4.33. The fourth-order valence-electron chi connectivity index (χ4n) is 1.41. The quantitative estimate of drug-likeness (QED) is 0.879. The molecule has 88 valence electrons. The first kappa shape index (κ1) is 11.9. The monoisotopic (exact) mass is 297 g/mol. The highest BCUT2D eigenvalue weighted by atomic mass is 79.9. The molecule has 0 spiro atoms. The summed E-state index contributed by atoms with van der Waals surface area (Å²) in [5.74, 6) is -0.725. The SMILES string of the molecule is Cc1c(F)cc(-n2ccc(=O)c(O)c2)cc1Br. The third kappa shape index (κ3) is 2.24. The molecule has 1 heterocycles. The van der Waals surface area contributed by atoms with E-state index >= 15 is 0 Å². The number of nitrogens with zero attached hydrogens (tertiary/aromatic N) is 1. The summed E-state index contributed by atoms with van der Waals surface area (Å²) in [6.07, 6.45) is 2.72. The molecule has 0 saturated carbocycles. The Labute approximate surface area is 105 Å². The maximum Gasteiger partial charge on any atom is 0.223 e. The zero-order chi connectivity index (χ0) is 12.6. The lowest BCUT2D eigenvalue weighted by molar-refractivity contribution is 0.465. The highest BCUT2D eigenvalue weighted by Gasteiger charge is 2.06. The van der Waals surface area contributed by atoms with E-state index in [2.05, 4.69) is 15.9 Å². The summed E-state index contributed by atoms with van der Waals surface area (Å²) in [4.78, 5) is 11.0. The fourth-order valence-corrected chi connectivity index (χ4v) is 1.84. The Bertz CT molecular complexity index is 614. The lowest BCUT2D eigenvalue weighted by Gasteiger charge is -2.09. The molecule has 2 aromatic rings. The van der Waals surface area contributed by atoms with E-state index in [1.807, 2.05) is 0 Å². The van der Waals surface area contributed by atoms with E-state index in [4.69, 9.17) is 0 Å². The highest BCUT2D eigenvalue weighted by molar-refractivity contribution is 9.10. The first-order chi connectivity index (χ1) is 7.99. The smallest absolute Gasteiger partial charge is 0.223 e. The Morgan fingerprint density at radius 2 is 2.12 bits per heavy atom. The van der Waals surface area contributed by atoms with Crippen LogP contribution in [-0.2, 0) is 0 Å². The number of aromatic nitrogens is 1. The summed E-state index contributed by atoms with van der Waals surface area (Å²) in [7, 11) is 0. The van der Waals surface area contributed by atoms with Crippen LogP contribution < -0.4 is 5.43 Å². The van der Waals surface area contributed by atoms with Gasteiger partial charge in [-0.3, -0.25) is 4.79 Å². The van der Waals surface area contributed by atoms with Crippen molar-refractivity contribution >= 4 is 15.9 Å². The molecule has 3 nitrogen and oxygen atoms in total. The summed E-state index contributed by atoms with van der Waals surface area (Å²) < 4.78 is 15.6. The first-order valence-electron chi connectivity index (χ1n) is 4.86. The van der Waals surface area contributed by atoms with Crippen molar-refractivity contribution in [1.29, 1.82) is 0 Å². The molecule has 0 saturated heterocycles. The second-order valence-electron chi connectivity index (χ2n) is 3.64. The number of hydrogen-bond donors (Lipinski definition) is 1. The lowest BCUT2D eigenvalue weighted by Crippen LogP contribution is -2.04. The van der Waals surface area contributed by atoms with Crippen molar-refractivity contribution in [3.8, 4) is 11.4 Å². The van der Waals surface area contributed by atoms with Gasteiger partial charge in [0.25, 0.3) is 0 Å². The molecule has 0 fully saturated rings. The molecule has 0 amide bonds. The van der Waals surface area contributed by atoms with Crippen molar-refractivity contribution in [3.63, 3.8) is 0 Å². The van der Waals surface area contributed by atoms with Crippen LogP contribution in [0.25, 0.3) is 5.69 Å². The van der Waals surface area contributed by atoms with E-state index in [9.17, 15) is 14.3 Å². The van der Waals surface area contributed by atoms with Gasteiger partial charge in [-0.15, -0.1) is 0 Å². The van der Waals surface area contributed by atoms with Crippen LogP contribution in [0.15, 0.2) is 39.9 Å². The van der Waals surface area contributed by atoms with Crippen molar-refractivity contribution in [3.05, 3.63) is 56.7 Å². The van der Waals surface area contributed by atoms with E-state index in [-0.39, 0.29) is 11.6 Å². The molecule has 5 heteroatoms. The van der Waals surface area contributed by atoms with E-state index in [0.717, 1.165) is 0 Å². The molecule has 0 radical (unpaired) electrons. The number of pyridine rings is 1. The van der Waals surface area contributed by atoms with Crippen molar-refractivity contribution in [2.75, 3.05) is 0 Å². The zero-order valence-corrected chi connectivity index (χ0v) is 10.5. The minimum absolute atomic E-state index is 0.354. The van der Waals surface area contributed by atoms with Gasteiger partial charge in [0.2, 0.25) is 5.43 Å². The molecule has 2 rings (SSSR count). The summed E-state index contributed by atoms with van der Waals surface area (Å²) in [6.45, 7) is 1.66. The Morgan fingerprint density at radius 3 is 2.71 bits per heavy atom. The van der Waals surface area contributed by atoms with E-state index in [1.165, 1.54) is 29.1 Å². The Balaban J connectivity index is 2.61. The van der Waals surface area contributed by atoms with Crippen LogP contribution in [-0.4, -0.2) is 9.67 Å². The van der Waals surface area contributed by atoms with Crippen LogP contribution in [0.1, 0.15) is 5.56 Å². The predicted octanol–water partition coefficient (Wildman–Crippen LogP) is 2.75. The molecule has 1 aromatic heterocycles. The average molecular weight is 298 g/mol. The number of aromatic hydroxyl groups is 1. The van der Waals surface area contributed by atoms with E-state index in [0.29, 0.717) is 15.7 Å². The summed E-state index contributed by atoms with van der Waals surface area (Å²) in [6, 6.07) is 4.27. The van der Waals surface area contributed by atoms with Gasteiger partial charge in [-0.25, -0.2) is 4.39 Å². The van der Waals surface area contributed by atoms with Crippen molar-refractivity contribution in [2.45, 2.75) is 6.92 Å². The second-order valence-corrected chi connectivity index (χ2v) is 4.49. The Morgan fingerprint density at radius 1 is 1.41 bits per heavy atom. The number of hydrogen-bond acceptors (Lipinski definition) is 2. The largest absolute Gasteiger partial charge is 0.503 e. The molecular weight excluding hydrogens is 289 g/mol. The number of benzene rings is 1. The maximum atomic E-state index is 13.5. The number of rotatable bonds is 1. The van der Waals surface area contributed by atoms with Crippen molar-refractivity contribution < 1.29 is 9.50 Å². The van der Waals surface area contributed by atoms with Crippen LogP contribution in [0.2, 0.25) is 0 Å². The molecule has 0 unspecified atom stereocenters. The minimum atomic E-state index is -0.465. The molecule has 1 N–H and O–H groups in total. The predicted molar refractivity (Wildman–Crippen MR) is 66.1 cm³/mol. The third-order valence-electron chi connectivity index (χ3n) is 2.46. The van der Waals surface area contributed by atoms with Crippen LogP contribution in [0, 0.1) is 12.7 Å². The molecule has 0 aliphatic heterocycles. The van der Waals surface area contributed by atoms with Crippen LogP contribution in [0.3, 0.4) is 0 Å². The normalized spacial score (nSPS) is 10.5. The average Bonchev–Trinajstić information content (AvgIpc) is 2.29. The standard InChI is InChI=1S/C12H9BrFNO2/c1-7-9(13)4-8(5-10(7)14)15-3-2-11(16)12(17)6-15/h2-6,17H,1H3. The Hall–Kier alpha value is -1.62. The van der Waals surface area contributed by atoms with Gasteiger partial charge >= 0.3 is 0 Å². The third-order valence-corrected chi connectivity index (χ3v) is 3.29. The minimum Gasteiger partial charge on any atom is -0.503 e. The van der Waals surface area contributed by atoms with Gasteiger partial charge in [-0.05, 0) is 24.6 Å². The van der Waals surface area contributed by atoms with E-state index in [1.54, 1.807) is 13.0 Å². The Kier molecular flexibility index (Phi) is 3.02.